The third kappa shape index (κ3) is 3.54. The number of hydrazone groups is 1. The Morgan fingerprint density at radius 1 is 1.14 bits per heavy atom. The van der Waals surface area contributed by atoms with Crippen LogP contribution in [0.1, 0.15) is 33.3 Å². The third-order valence-electron chi connectivity index (χ3n) is 4.49. The molecule has 140 valence electrons. The Kier molecular flexibility index (Phi) is 4.93. The van der Waals surface area contributed by atoms with Crippen LogP contribution in [0.2, 0.25) is 5.02 Å². The number of nitrogens with zero attached hydrogens (tertiary/aromatic N) is 3. The van der Waals surface area contributed by atoms with E-state index in [0.29, 0.717) is 17.0 Å². The molecule has 0 aliphatic carbocycles. The summed E-state index contributed by atoms with van der Waals surface area (Å²) in [6, 6.07) is 16.6. The Balaban J connectivity index is 1.69. The highest BCUT2D eigenvalue weighted by Crippen LogP contribution is 2.36. The minimum atomic E-state index is -0.439. The lowest BCUT2D eigenvalue weighted by atomic mass is 10.0. The fourth-order valence-electron chi connectivity index (χ4n) is 3.07. The second-order valence-corrected chi connectivity index (χ2v) is 7.66. The van der Waals surface area contributed by atoms with Gasteiger partial charge in [-0.2, -0.15) is 5.10 Å². The standard InChI is InChI=1S/C20H14ClN3O3S/c21-15-7-3-14(4-8-15)20(25)23-18(19-2-1-11-28-19)12-17(22-23)13-5-9-16(10-6-13)24(26)27/h1-11,18H,12H2. The summed E-state index contributed by atoms with van der Waals surface area (Å²) in [5.74, 6) is -0.216. The molecule has 1 aliphatic heterocycles. The summed E-state index contributed by atoms with van der Waals surface area (Å²) in [4.78, 5) is 24.5. The van der Waals surface area contributed by atoms with E-state index in [1.54, 1.807) is 47.7 Å². The predicted molar refractivity (Wildman–Crippen MR) is 109 cm³/mol. The number of carbonyl (C=O) groups is 1. The van der Waals surface area contributed by atoms with Gasteiger partial charge in [-0.05, 0) is 53.4 Å². The molecule has 1 atom stereocenters. The lowest BCUT2D eigenvalue weighted by Crippen LogP contribution is -2.26. The second-order valence-electron chi connectivity index (χ2n) is 6.24. The van der Waals surface area contributed by atoms with Crippen molar-refractivity contribution >= 4 is 40.2 Å². The molecule has 1 aromatic heterocycles. The van der Waals surface area contributed by atoms with Crippen LogP contribution in [0.3, 0.4) is 0 Å². The molecule has 2 heterocycles. The summed E-state index contributed by atoms with van der Waals surface area (Å²) < 4.78 is 0. The minimum Gasteiger partial charge on any atom is -0.267 e. The smallest absolute Gasteiger partial charge is 0.267 e. The number of non-ortho nitro benzene ring substituents is 1. The zero-order chi connectivity index (χ0) is 19.7. The van der Waals surface area contributed by atoms with E-state index in [-0.39, 0.29) is 17.6 Å². The van der Waals surface area contributed by atoms with Gasteiger partial charge in [-0.1, -0.05) is 17.7 Å². The molecule has 0 saturated heterocycles. The molecule has 4 rings (SSSR count). The number of hydrogen-bond donors (Lipinski definition) is 0. The summed E-state index contributed by atoms with van der Waals surface area (Å²) in [5.41, 5.74) is 2.00. The minimum absolute atomic E-state index is 0.0197. The summed E-state index contributed by atoms with van der Waals surface area (Å²) >= 11 is 7.49. The highest BCUT2D eigenvalue weighted by Gasteiger charge is 2.34. The first-order valence-electron chi connectivity index (χ1n) is 8.48. The molecule has 2 aromatic carbocycles. The Labute approximate surface area is 169 Å². The number of carbonyl (C=O) groups excluding carboxylic acids is 1. The molecule has 1 amide bonds. The lowest BCUT2D eigenvalue weighted by Gasteiger charge is -2.20. The monoisotopic (exact) mass is 411 g/mol. The zero-order valence-electron chi connectivity index (χ0n) is 14.5. The zero-order valence-corrected chi connectivity index (χ0v) is 16.1. The van der Waals surface area contributed by atoms with Gasteiger partial charge in [0.25, 0.3) is 11.6 Å². The van der Waals surface area contributed by atoms with E-state index in [1.807, 2.05) is 17.5 Å². The van der Waals surface area contributed by atoms with Crippen LogP contribution >= 0.6 is 22.9 Å². The quantitative estimate of drug-likeness (QED) is 0.431. The van der Waals surface area contributed by atoms with Gasteiger partial charge in [0.1, 0.15) is 0 Å². The van der Waals surface area contributed by atoms with Crippen LogP contribution in [-0.4, -0.2) is 21.6 Å². The lowest BCUT2D eigenvalue weighted by molar-refractivity contribution is -0.384. The van der Waals surface area contributed by atoms with E-state index in [1.165, 1.54) is 17.1 Å². The van der Waals surface area contributed by atoms with Crippen LogP contribution in [0.5, 0.6) is 0 Å². The normalized spacial score (nSPS) is 16.1. The number of nitro benzene ring substituents is 1. The Morgan fingerprint density at radius 3 is 2.46 bits per heavy atom. The number of rotatable bonds is 4. The summed E-state index contributed by atoms with van der Waals surface area (Å²) in [6.45, 7) is 0. The molecule has 6 nitrogen and oxygen atoms in total. The van der Waals surface area contributed by atoms with Gasteiger partial charge in [0, 0.05) is 34.0 Å². The number of benzene rings is 2. The van der Waals surface area contributed by atoms with Gasteiger partial charge in [-0.15, -0.1) is 11.3 Å². The van der Waals surface area contributed by atoms with Gasteiger partial charge >= 0.3 is 0 Å². The maximum Gasteiger partial charge on any atom is 0.274 e. The average Bonchev–Trinajstić information content (AvgIpc) is 3.38. The Hall–Kier alpha value is -3.03. The van der Waals surface area contributed by atoms with Crippen LogP contribution in [0.4, 0.5) is 5.69 Å². The SMILES string of the molecule is O=C(c1ccc(Cl)cc1)N1N=C(c2ccc([N+](=O)[O-])cc2)CC1c1cccs1. The van der Waals surface area contributed by atoms with Gasteiger partial charge < -0.3 is 0 Å². The molecule has 28 heavy (non-hydrogen) atoms. The number of thiophene rings is 1. The molecular formula is C20H14ClN3O3S. The van der Waals surface area contributed by atoms with Gasteiger partial charge in [-0.25, -0.2) is 5.01 Å². The second kappa shape index (κ2) is 7.53. The molecular weight excluding hydrogens is 398 g/mol. The fraction of sp³-hybridized carbons (Fsp3) is 0.100. The van der Waals surface area contributed by atoms with Gasteiger partial charge in [0.05, 0.1) is 16.7 Å². The van der Waals surface area contributed by atoms with Crippen molar-refractivity contribution in [1.82, 2.24) is 5.01 Å². The van der Waals surface area contributed by atoms with Crippen LogP contribution in [-0.2, 0) is 0 Å². The van der Waals surface area contributed by atoms with Gasteiger partial charge in [0.2, 0.25) is 0 Å². The number of hydrogen-bond acceptors (Lipinski definition) is 5. The van der Waals surface area contributed by atoms with Gasteiger partial charge in [0.15, 0.2) is 0 Å². The van der Waals surface area contributed by atoms with Crippen molar-refractivity contribution in [2.75, 3.05) is 0 Å². The Morgan fingerprint density at radius 2 is 1.86 bits per heavy atom. The van der Waals surface area contributed by atoms with E-state index >= 15 is 0 Å². The molecule has 0 spiro atoms. The number of amides is 1. The first-order valence-corrected chi connectivity index (χ1v) is 9.73. The van der Waals surface area contributed by atoms with Crippen LogP contribution in [0.15, 0.2) is 71.1 Å². The molecule has 0 saturated carbocycles. The molecule has 0 radical (unpaired) electrons. The summed E-state index contributed by atoms with van der Waals surface area (Å²) in [6.07, 6.45) is 0.539. The fourth-order valence-corrected chi connectivity index (χ4v) is 4.01. The highest BCUT2D eigenvalue weighted by molar-refractivity contribution is 7.10. The van der Waals surface area contributed by atoms with Crippen molar-refractivity contribution in [1.29, 1.82) is 0 Å². The number of nitro groups is 1. The molecule has 1 aliphatic rings. The van der Waals surface area contributed by atoms with Crippen molar-refractivity contribution in [2.45, 2.75) is 12.5 Å². The van der Waals surface area contributed by atoms with Crippen molar-refractivity contribution < 1.29 is 9.72 Å². The molecule has 0 N–H and O–H groups in total. The topological polar surface area (TPSA) is 75.8 Å². The van der Waals surface area contributed by atoms with Crippen molar-refractivity contribution in [3.05, 3.63) is 97.2 Å². The van der Waals surface area contributed by atoms with E-state index in [4.69, 9.17) is 11.6 Å². The van der Waals surface area contributed by atoms with Gasteiger partial charge in [-0.3, -0.25) is 14.9 Å². The third-order valence-corrected chi connectivity index (χ3v) is 5.72. The average molecular weight is 412 g/mol. The molecule has 0 fully saturated rings. The number of halogens is 1. The van der Waals surface area contributed by atoms with Crippen molar-refractivity contribution in [2.24, 2.45) is 5.10 Å². The highest BCUT2D eigenvalue weighted by atomic mass is 35.5. The van der Waals surface area contributed by atoms with E-state index in [2.05, 4.69) is 5.10 Å². The maximum atomic E-state index is 13.1. The van der Waals surface area contributed by atoms with Crippen molar-refractivity contribution in [3.63, 3.8) is 0 Å². The van der Waals surface area contributed by atoms with E-state index in [9.17, 15) is 14.9 Å². The molecule has 0 bridgehead atoms. The van der Waals surface area contributed by atoms with Crippen LogP contribution in [0.25, 0.3) is 0 Å². The first kappa shape index (κ1) is 18.3. The maximum absolute atomic E-state index is 13.1. The summed E-state index contributed by atoms with van der Waals surface area (Å²) in [5, 5.41) is 19.5. The molecule has 1 unspecified atom stereocenters. The Bertz CT molecular complexity index is 1050. The predicted octanol–water partition coefficient (Wildman–Crippen LogP) is 5.30. The summed E-state index contributed by atoms with van der Waals surface area (Å²) in [7, 11) is 0. The van der Waals surface area contributed by atoms with E-state index < -0.39 is 4.92 Å². The largest absolute Gasteiger partial charge is 0.274 e. The van der Waals surface area contributed by atoms with Crippen molar-refractivity contribution in [3.8, 4) is 0 Å². The van der Waals surface area contributed by atoms with Crippen LogP contribution in [0, 0.1) is 10.1 Å². The molecule has 3 aromatic rings. The van der Waals surface area contributed by atoms with Crippen LogP contribution < -0.4 is 0 Å². The van der Waals surface area contributed by atoms with E-state index in [0.717, 1.165) is 16.2 Å². The first-order chi connectivity index (χ1) is 13.5. The molecule has 8 heteroatoms.